The van der Waals surface area contributed by atoms with E-state index in [9.17, 15) is 9.59 Å². The Bertz CT molecular complexity index is 217. The minimum absolute atomic E-state index is 0. The topological polar surface area (TPSA) is 76.0 Å². The number of carbonyl (C=O) groups is 2. The van der Waals surface area contributed by atoms with E-state index < -0.39 is 23.3 Å². The molecule has 0 aliphatic carbocycles. The maximum atomic E-state index is 10.8. The number of rotatable bonds is 4. The number of ether oxygens (including phenoxy) is 1. The van der Waals surface area contributed by atoms with Crippen LogP contribution in [0.25, 0.3) is 0 Å². The van der Waals surface area contributed by atoms with Crippen LogP contribution in [0.2, 0.25) is 0 Å². The Kier molecular flexibility index (Phi) is 8.84. The van der Waals surface area contributed by atoms with Gasteiger partial charge in [-0.3, -0.25) is 4.79 Å². The molecular formula is C6H9Cl2NO4. The Morgan fingerprint density at radius 2 is 2.08 bits per heavy atom. The molecule has 0 radical (unpaired) electrons. The van der Waals surface area contributed by atoms with Gasteiger partial charge in [0.1, 0.15) is 0 Å². The van der Waals surface area contributed by atoms with Gasteiger partial charge < -0.3 is 9.94 Å². The average molecular weight is 230 g/mol. The van der Waals surface area contributed by atoms with Gasteiger partial charge in [-0.25, -0.2) is 4.79 Å². The van der Waals surface area contributed by atoms with Gasteiger partial charge in [-0.15, -0.1) is 24.0 Å². The highest BCUT2D eigenvalue weighted by Gasteiger charge is 2.21. The third-order valence-electron chi connectivity index (χ3n) is 0.954. The summed E-state index contributed by atoms with van der Waals surface area (Å²) in [5.74, 6) is -2.15. The van der Waals surface area contributed by atoms with E-state index in [-0.39, 0.29) is 19.0 Å². The second-order valence-corrected chi connectivity index (χ2v) is 1.99. The number of oxime groups is 1. The average Bonchev–Trinajstić information content (AvgIpc) is 2.06. The summed E-state index contributed by atoms with van der Waals surface area (Å²) in [6, 6.07) is 0. The Labute approximate surface area is 86.1 Å². The van der Waals surface area contributed by atoms with Crippen LogP contribution in [-0.2, 0) is 14.3 Å². The summed E-state index contributed by atoms with van der Waals surface area (Å²) in [6.45, 7) is 1.67. The Morgan fingerprint density at radius 3 is 2.38 bits per heavy atom. The van der Waals surface area contributed by atoms with Gasteiger partial charge in [0, 0.05) is 0 Å². The molecule has 0 aliphatic heterocycles. The van der Waals surface area contributed by atoms with Crippen molar-refractivity contribution in [3.63, 3.8) is 0 Å². The molecule has 5 nitrogen and oxygen atoms in total. The first-order valence-corrected chi connectivity index (χ1v) is 3.69. The molecule has 0 rings (SSSR count). The van der Waals surface area contributed by atoms with Crippen LogP contribution in [0.5, 0.6) is 0 Å². The van der Waals surface area contributed by atoms with E-state index in [2.05, 4.69) is 9.89 Å². The van der Waals surface area contributed by atoms with Gasteiger partial charge in [-0.2, -0.15) is 0 Å². The Morgan fingerprint density at radius 1 is 1.54 bits per heavy atom. The van der Waals surface area contributed by atoms with Crippen LogP contribution in [0.3, 0.4) is 0 Å². The third kappa shape index (κ3) is 4.69. The molecule has 0 bridgehead atoms. The van der Waals surface area contributed by atoms with Crippen molar-refractivity contribution < 1.29 is 19.5 Å². The van der Waals surface area contributed by atoms with E-state index in [1.807, 2.05) is 0 Å². The van der Waals surface area contributed by atoms with Crippen LogP contribution in [-0.4, -0.2) is 35.2 Å². The van der Waals surface area contributed by atoms with Crippen molar-refractivity contribution in [2.24, 2.45) is 5.16 Å². The van der Waals surface area contributed by atoms with Crippen LogP contribution >= 0.6 is 24.0 Å². The lowest BCUT2D eigenvalue weighted by atomic mass is 10.3. The molecule has 0 atom stereocenters. The molecule has 7 heteroatoms. The zero-order valence-corrected chi connectivity index (χ0v) is 8.39. The standard InChI is InChI=1S/C6H8ClNO4.ClH/c1-2-12-6(10)5(8-11)4(9)3-7;/h11H,2-3H2,1H3;1H. The van der Waals surface area contributed by atoms with E-state index in [1.165, 1.54) is 0 Å². The molecule has 0 aliphatic rings. The van der Waals surface area contributed by atoms with Crippen LogP contribution < -0.4 is 0 Å². The number of hydrogen-bond donors (Lipinski definition) is 1. The second kappa shape index (κ2) is 7.82. The van der Waals surface area contributed by atoms with E-state index in [0.717, 1.165) is 0 Å². The van der Waals surface area contributed by atoms with Gasteiger partial charge in [-0.05, 0) is 6.92 Å². The highest BCUT2D eigenvalue weighted by atomic mass is 35.5. The molecule has 13 heavy (non-hydrogen) atoms. The number of nitrogens with zero attached hydrogens (tertiary/aromatic N) is 1. The maximum Gasteiger partial charge on any atom is 0.364 e. The largest absolute Gasteiger partial charge is 0.461 e. The highest BCUT2D eigenvalue weighted by molar-refractivity contribution is 6.67. The van der Waals surface area contributed by atoms with Crippen molar-refractivity contribution in [2.45, 2.75) is 6.92 Å². The quantitative estimate of drug-likeness (QED) is 0.192. The van der Waals surface area contributed by atoms with Crippen molar-refractivity contribution in [3.05, 3.63) is 0 Å². The lowest BCUT2D eigenvalue weighted by Crippen LogP contribution is -2.27. The normalized spacial score (nSPS) is 10.2. The summed E-state index contributed by atoms with van der Waals surface area (Å²) < 4.78 is 4.41. The summed E-state index contributed by atoms with van der Waals surface area (Å²) in [7, 11) is 0. The summed E-state index contributed by atoms with van der Waals surface area (Å²) >= 11 is 5.12. The number of ketones is 1. The second-order valence-electron chi connectivity index (χ2n) is 1.73. The number of esters is 1. The Balaban J connectivity index is 0. The lowest BCUT2D eigenvalue weighted by molar-refractivity contribution is -0.135. The minimum atomic E-state index is -0.967. The SMILES string of the molecule is CCOC(=O)C(=NO)C(=O)CCl.Cl. The van der Waals surface area contributed by atoms with Crippen molar-refractivity contribution in [1.29, 1.82) is 0 Å². The van der Waals surface area contributed by atoms with E-state index >= 15 is 0 Å². The van der Waals surface area contributed by atoms with Crippen LogP contribution in [0.4, 0.5) is 0 Å². The molecule has 0 saturated heterocycles. The molecule has 0 saturated carbocycles. The predicted molar refractivity (Wildman–Crippen MR) is 48.8 cm³/mol. The first-order valence-electron chi connectivity index (χ1n) is 3.15. The number of halogens is 2. The molecule has 0 heterocycles. The predicted octanol–water partition coefficient (Wildman–Crippen LogP) is 0.609. The number of alkyl halides is 1. The first kappa shape index (κ1) is 14.7. The zero-order chi connectivity index (χ0) is 9.56. The molecule has 0 amide bonds. The van der Waals surface area contributed by atoms with Gasteiger partial charge in [0.15, 0.2) is 0 Å². The van der Waals surface area contributed by atoms with Crippen LogP contribution in [0.1, 0.15) is 6.92 Å². The van der Waals surface area contributed by atoms with Crippen LogP contribution in [0.15, 0.2) is 5.16 Å². The molecular weight excluding hydrogens is 221 g/mol. The number of carbonyl (C=O) groups excluding carboxylic acids is 2. The van der Waals surface area contributed by atoms with E-state index in [0.29, 0.717) is 0 Å². The van der Waals surface area contributed by atoms with E-state index in [1.54, 1.807) is 6.92 Å². The smallest absolute Gasteiger partial charge is 0.364 e. The monoisotopic (exact) mass is 229 g/mol. The Hall–Kier alpha value is -0.810. The van der Waals surface area contributed by atoms with Gasteiger partial charge in [-0.1, -0.05) is 5.16 Å². The molecule has 0 unspecified atom stereocenters. The fourth-order valence-electron chi connectivity index (χ4n) is 0.473. The van der Waals surface area contributed by atoms with Crippen molar-refractivity contribution in [2.75, 3.05) is 12.5 Å². The van der Waals surface area contributed by atoms with Gasteiger partial charge in [0.25, 0.3) is 0 Å². The summed E-state index contributed by atoms with van der Waals surface area (Å²) in [6.07, 6.45) is 0. The fraction of sp³-hybridized carbons (Fsp3) is 0.500. The molecule has 76 valence electrons. The number of Topliss-reactive ketones (excluding diaryl/α,β-unsaturated/α-hetero) is 1. The van der Waals surface area contributed by atoms with Crippen molar-refractivity contribution in [3.8, 4) is 0 Å². The zero-order valence-electron chi connectivity index (χ0n) is 6.82. The number of hydrogen-bond acceptors (Lipinski definition) is 5. The maximum absolute atomic E-state index is 10.8. The molecule has 0 aromatic heterocycles. The van der Waals surface area contributed by atoms with Gasteiger partial charge in [0.05, 0.1) is 12.5 Å². The van der Waals surface area contributed by atoms with Crippen molar-refractivity contribution in [1.82, 2.24) is 0 Å². The minimum Gasteiger partial charge on any atom is -0.461 e. The molecule has 0 fully saturated rings. The van der Waals surface area contributed by atoms with E-state index in [4.69, 9.17) is 16.8 Å². The highest BCUT2D eigenvalue weighted by Crippen LogP contribution is 1.89. The third-order valence-corrected chi connectivity index (χ3v) is 1.20. The first-order chi connectivity index (χ1) is 5.67. The van der Waals surface area contributed by atoms with Crippen molar-refractivity contribution >= 4 is 41.5 Å². The lowest BCUT2D eigenvalue weighted by Gasteiger charge is -1.99. The van der Waals surface area contributed by atoms with Gasteiger partial charge in [0.2, 0.25) is 11.5 Å². The summed E-state index contributed by atoms with van der Waals surface area (Å²) in [5, 5.41) is 10.7. The van der Waals surface area contributed by atoms with Crippen LogP contribution in [0, 0.1) is 0 Å². The molecule has 0 aromatic rings. The fourth-order valence-corrected chi connectivity index (χ4v) is 0.600. The summed E-state index contributed by atoms with van der Waals surface area (Å²) in [4.78, 5) is 21.5. The summed E-state index contributed by atoms with van der Waals surface area (Å²) in [5.41, 5.74) is -0.674. The molecule has 0 aromatic carbocycles. The molecule has 0 spiro atoms. The molecule has 1 N–H and O–H groups in total. The van der Waals surface area contributed by atoms with Gasteiger partial charge >= 0.3 is 5.97 Å².